The molecule has 0 atom stereocenters. The zero-order valence-corrected chi connectivity index (χ0v) is 12.8. The number of hydrogen-bond donors (Lipinski definition) is 1. The predicted octanol–water partition coefficient (Wildman–Crippen LogP) is 4.31. The van der Waals surface area contributed by atoms with E-state index in [1.165, 1.54) is 18.3 Å². The van der Waals surface area contributed by atoms with Crippen LogP contribution in [-0.2, 0) is 11.2 Å². The van der Waals surface area contributed by atoms with E-state index in [0.29, 0.717) is 15.2 Å². The Hall–Kier alpha value is -1.10. The van der Waals surface area contributed by atoms with Crippen LogP contribution in [-0.4, -0.2) is 10.9 Å². The van der Waals surface area contributed by atoms with Gasteiger partial charge in [0.15, 0.2) is 5.13 Å². The Kier molecular flexibility index (Phi) is 4.45. The van der Waals surface area contributed by atoms with Gasteiger partial charge in [-0.2, -0.15) is 0 Å². The summed E-state index contributed by atoms with van der Waals surface area (Å²) in [4.78, 5) is 16.4. The maximum absolute atomic E-state index is 11.0. The maximum Gasteiger partial charge on any atom is 0.223 e. The first-order valence-electron chi connectivity index (χ1n) is 5.63. The van der Waals surface area contributed by atoms with E-state index in [9.17, 15) is 4.79 Å². The van der Waals surface area contributed by atoms with Crippen LogP contribution in [0.2, 0.25) is 10.0 Å². The van der Waals surface area contributed by atoms with Crippen LogP contribution in [0.4, 0.5) is 5.13 Å². The second kappa shape index (κ2) is 5.90. The highest BCUT2D eigenvalue weighted by molar-refractivity contribution is 7.15. The molecule has 1 amide bonds. The molecular weight excluding hydrogens is 303 g/mol. The van der Waals surface area contributed by atoms with Crippen molar-refractivity contribution in [2.45, 2.75) is 20.3 Å². The second-order valence-corrected chi connectivity index (χ2v) is 6.03. The van der Waals surface area contributed by atoms with Gasteiger partial charge in [-0.05, 0) is 24.6 Å². The fourth-order valence-electron chi connectivity index (χ4n) is 1.63. The summed E-state index contributed by atoms with van der Waals surface area (Å²) in [6, 6.07) is 5.57. The molecule has 1 aromatic carbocycles. The number of amides is 1. The number of halogens is 2. The van der Waals surface area contributed by atoms with Crippen molar-refractivity contribution in [2.75, 3.05) is 5.32 Å². The zero-order valence-electron chi connectivity index (χ0n) is 10.5. The number of aryl methyl sites for hydroxylation is 1. The number of rotatable bonds is 3. The molecule has 0 aliphatic heterocycles. The highest BCUT2D eigenvalue weighted by atomic mass is 35.5. The molecule has 2 rings (SSSR count). The first kappa shape index (κ1) is 14.3. The molecule has 0 spiro atoms. The van der Waals surface area contributed by atoms with E-state index in [2.05, 4.69) is 10.3 Å². The van der Waals surface area contributed by atoms with E-state index in [1.807, 2.05) is 19.1 Å². The quantitative estimate of drug-likeness (QED) is 0.917. The Morgan fingerprint density at radius 3 is 2.74 bits per heavy atom. The highest BCUT2D eigenvalue weighted by Gasteiger charge is 2.10. The topological polar surface area (TPSA) is 42.0 Å². The Bertz CT molecular complexity index is 625. The summed E-state index contributed by atoms with van der Waals surface area (Å²) in [5.74, 6) is -0.116. The van der Waals surface area contributed by atoms with E-state index < -0.39 is 0 Å². The number of anilines is 1. The molecule has 2 aromatic rings. The van der Waals surface area contributed by atoms with Gasteiger partial charge in [0.1, 0.15) is 0 Å². The fraction of sp³-hybridized carbons (Fsp3) is 0.231. The SMILES string of the molecule is CC(=O)Nc1nc(C)c(Cc2ccc(Cl)c(Cl)c2)s1. The van der Waals surface area contributed by atoms with E-state index in [0.717, 1.165) is 22.6 Å². The number of hydrogen-bond acceptors (Lipinski definition) is 3. The summed E-state index contributed by atoms with van der Waals surface area (Å²) >= 11 is 13.4. The molecule has 1 N–H and O–H groups in total. The van der Waals surface area contributed by atoms with Crippen LogP contribution in [0.1, 0.15) is 23.1 Å². The van der Waals surface area contributed by atoms with E-state index in [-0.39, 0.29) is 5.91 Å². The van der Waals surface area contributed by atoms with Crippen molar-refractivity contribution in [3.63, 3.8) is 0 Å². The average molecular weight is 315 g/mol. The minimum atomic E-state index is -0.116. The van der Waals surface area contributed by atoms with Gasteiger partial charge in [0.2, 0.25) is 5.91 Å². The molecule has 0 unspecified atom stereocenters. The van der Waals surface area contributed by atoms with Gasteiger partial charge >= 0.3 is 0 Å². The van der Waals surface area contributed by atoms with Gasteiger partial charge in [-0.15, -0.1) is 11.3 Å². The molecule has 1 aromatic heterocycles. The lowest BCUT2D eigenvalue weighted by molar-refractivity contribution is -0.114. The molecule has 19 heavy (non-hydrogen) atoms. The summed E-state index contributed by atoms with van der Waals surface area (Å²) in [6.07, 6.45) is 0.722. The first-order chi connectivity index (χ1) is 8.95. The number of nitrogens with one attached hydrogen (secondary N) is 1. The van der Waals surface area contributed by atoms with Gasteiger partial charge in [0.25, 0.3) is 0 Å². The lowest BCUT2D eigenvalue weighted by Gasteiger charge is -2.02. The van der Waals surface area contributed by atoms with Gasteiger partial charge in [-0.1, -0.05) is 29.3 Å². The van der Waals surface area contributed by atoms with Gasteiger partial charge in [0.05, 0.1) is 15.7 Å². The monoisotopic (exact) mass is 314 g/mol. The third kappa shape index (κ3) is 3.69. The summed E-state index contributed by atoms with van der Waals surface area (Å²) in [7, 11) is 0. The molecule has 0 bridgehead atoms. The van der Waals surface area contributed by atoms with Crippen molar-refractivity contribution in [2.24, 2.45) is 0 Å². The fourth-order valence-corrected chi connectivity index (χ4v) is 2.99. The summed E-state index contributed by atoms with van der Waals surface area (Å²) < 4.78 is 0. The smallest absolute Gasteiger partial charge is 0.223 e. The lowest BCUT2D eigenvalue weighted by atomic mass is 10.1. The number of carbonyl (C=O) groups excluding carboxylic acids is 1. The number of thiazole rings is 1. The largest absolute Gasteiger partial charge is 0.302 e. The van der Waals surface area contributed by atoms with Crippen molar-refractivity contribution in [1.29, 1.82) is 0 Å². The highest BCUT2D eigenvalue weighted by Crippen LogP contribution is 2.28. The maximum atomic E-state index is 11.0. The number of benzene rings is 1. The Morgan fingerprint density at radius 1 is 1.37 bits per heavy atom. The van der Waals surface area contributed by atoms with Crippen molar-refractivity contribution >= 4 is 45.6 Å². The van der Waals surface area contributed by atoms with Crippen molar-refractivity contribution in [3.8, 4) is 0 Å². The molecular formula is C13H12Cl2N2OS. The van der Waals surface area contributed by atoms with E-state index >= 15 is 0 Å². The second-order valence-electron chi connectivity index (χ2n) is 4.13. The van der Waals surface area contributed by atoms with Crippen LogP contribution in [0.3, 0.4) is 0 Å². The summed E-state index contributed by atoms with van der Waals surface area (Å²) in [5.41, 5.74) is 1.98. The Labute approximate surface area is 125 Å². The van der Waals surface area contributed by atoms with Crippen molar-refractivity contribution in [3.05, 3.63) is 44.4 Å². The minimum Gasteiger partial charge on any atom is -0.302 e. The molecule has 3 nitrogen and oxygen atoms in total. The van der Waals surface area contributed by atoms with Gasteiger partial charge in [0, 0.05) is 18.2 Å². The van der Waals surface area contributed by atoms with Crippen LogP contribution in [0.5, 0.6) is 0 Å². The van der Waals surface area contributed by atoms with Crippen molar-refractivity contribution in [1.82, 2.24) is 4.98 Å². The van der Waals surface area contributed by atoms with Crippen LogP contribution in [0, 0.1) is 6.92 Å². The normalized spacial score (nSPS) is 10.5. The first-order valence-corrected chi connectivity index (χ1v) is 7.21. The molecule has 6 heteroatoms. The van der Waals surface area contributed by atoms with Crippen molar-refractivity contribution < 1.29 is 4.79 Å². The summed E-state index contributed by atoms with van der Waals surface area (Å²) in [5, 5.41) is 4.41. The molecule has 0 aliphatic rings. The number of carbonyl (C=O) groups is 1. The van der Waals surface area contributed by atoms with E-state index in [1.54, 1.807) is 6.07 Å². The molecule has 0 aliphatic carbocycles. The van der Waals surface area contributed by atoms with Gasteiger partial charge in [-0.3, -0.25) is 4.79 Å². The molecule has 0 saturated heterocycles. The van der Waals surface area contributed by atoms with Crippen LogP contribution in [0.25, 0.3) is 0 Å². The predicted molar refractivity (Wildman–Crippen MR) is 80.4 cm³/mol. The number of aromatic nitrogens is 1. The van der Waals surface area contributed by atoms with Crippen LogP contribution >= 0.6 is 34.5 Å². The zero-order chi connectivity index (χ0) is 14.0. The standard InChI is InChI=1S/C13H12Cl2N2OS/c1-7-12(19-13(16-7)17-8(2)18)6-9-3-4-10(14)11(15)5-9/h3-5H,6H2,1-2H3,(H,16,17,18). The van der Waals surface area contributed by atoms with Gasteiger partial charge in [-0.25, -0.2) is 4.98 Å². The molecule has 0 saturated carbocycles. The third-order valence-electron chi connectivity index (χ3n) is 2.52. The third-order valence-corrected chi connectivity index (χ3v) is 4.34. The molecule has 1 heterocycles. The van der Waals surface area contributed by atoms with Crippen LogP contribution in [0.15, 0.2) is 18.2 Å². The molecule has 0 radical (unpaired) electrons. The van der Waals surface area contributed by atoms with E-state index in [4.69, 9.17) is 23.2 Å². The number of nitrogens with zero attached hydrogens (tertiary/aromatic N) is 1. The Balaban J connectivity index is 2.20. The van der Waals surface area contributed by atoms with Crippen LogP contribution < -0.4 is 5.32 Å². The molecule has 0 fully saturated rings. The molecule has 100 valence electrons. The lowest BCUT2D eigenvalue weighted by Crippen LogP contribution is -2.04. The van der Waals surface area contributed by atoms with Gasteiger partial charge < -0.3 is 5.32 Å². The average Bonchev–Trinajstić information content (AvgIpc) is 2.63. The summed E-state index contributed by atoms with van der Waals surface area (Å²) in [6.45, 7) is 3.39. The minimum absolute atomic E-state index is 0.116. The Morgan fingerprint density at radius 2 is 2.11 bits per heavy atom.